The maximum absolute atomic E-state index is 10.7. The van der Waals surface area contributed by atoms with E-state index in [2.05, 4.69) is 79.7 Å². The first kappa shape index (κ1) is 15.6. The Hall–Kier alpha value is -2.64. The van der Waals surface area contributed by atoms with E-state index in [0.29, 0.717) is 5.92 Å². The Labute approximate surface area is 153 Å². The number of fused-ring (bicyclic) bond motifs is 4. The van der Waals surface area contributed by atoms with Gasteiger partial charge in [-0.2, -0.15) is 0 Å². The van der Waals surface area contributed by atoms with Crippen molar-refractivity contribution in [1.29, 1.82) is 0 Å². The van der Waals surface area contributed by atoms with Crippen LogP contribution >= 0.6 is 0 Å². The van der Waals surface area contributed by atoms with Gasteiger partial charge in [-0.1, -0.05) is 80.1 Å². The normalized spacial score (nSPS) is 19.2. The highest BCUT2D eigenvalue weighted by Crippen LogP contribution is 2.44. The highest BCUT2D eigenvalue weighted by atomic mass is 16.3. The number of aliphatic hydroxyl groups is 1. The smallest absolute Gasteiger partial charge is 0.0824 e. The first-order chi connectivity index (χ1) is 12.8. The molecular formula is C25H22O. The number of benzene rings is 4. The molecule has 1 N–H and O–H groups in total. The molecule has 1 nitrogen and oxygen atoms in total. The van der Waals surface area contributed by atoms with Crippen LogP contribution in [0.1, 0.15) is 30.6 Å². The van der Waals surface area contributed by atoms with E-state index in [1.165, 1.54) is 38.2 Å². The van der Waals surface area contributed by atoms with E-state index in [1.54, 1.807) is 0 Å². The quantitative estimate of drug-likeness (QED) is 0.427. The maximum atomic E-state index is 10.7. The van der Waals surface area contributed by atoms with Crippen LogP contribution in [0.3, 0.4) is 0 Å². The molecule has 2 unspecified atom stereocenters. The molecule has 0 heterocycles. The molecule has 4 aromatic rings. The van der Waals surface area contributed by atoms with E-state index in [0.717, 1.165) is 18.4 Å². The molecule has 4 aromatic carbocycles. The molecule has 5 rings (SSSR count). The van der Waals surface area contributed by atoms with Crippen LogP contribution in [0.15, 0.2) is 72.8 Å². The van der Waals surface area contributed by atoms with Crippen molar-refractivity contribution in [3.63, 3.8) is 0 Å². The van der Waals surface area contributed by atoms with Gasteiger partial charge in [-0.3, -0.25) is 0 Å². The Morgan fingerprint density at radius 1 is 0.808 bits per heavy atom. The van der Waals surface area contributed by atoms with E-state index in [1.807, 2.05) is 0 Å². The lowest BCUT2D eigenvalue weighted by Gasteiger charge is -2.14. The van der Waals surface area contributed by atoms with Gasteiger partial charge >= 0.3 is 0 Å². The summed E-state index contributed by atoms with van der Waals surface area (Å²) in [4.78, 5) is 0. The molecule has 1 aliphatic rings. The zero-order valence-corrected chi connectivity index (χ0v) is 14.9. The molecule has 0 amide bonds. The van der Waals surface area contributed by atoms with Crippen molar-refractivity contribution in [2.45, 2.75) is 25.9 Å². The molecule has 0 saturated carbocycles. The molecule has 1 aliphatic carbocycles. The Bertz CT molecular complexity index is 1130. The molecule has 0 bridgehead atoms. The second kappa shape index (κ2) is 5.96. The van der Waals surface area contributed by atoms with Crippen molar-refractivity contribution >= 4 is 21.5 Å². The highest BCUT2D eigenvalue weighted by Gasteiger charge is 2.31. The van der Waals surface area contributed by atoms with Gasteiger partial charge in [0.05, 0.1) is 6.10 Å². The van der Waals surface area contributed by atoms with Crippen molar-refractivity contribution in [3.05, 3.63) is 83.9 Å². The highest BCUT2D eigenvalue weighted by molar-refractivity contribution is 6.14. The summed E-state index contributed by atoms with van der Waals surface area (Å²) in [6.07, 6.45) is 1.64. The number of aliphatic hydroxyl groups excluding tert-OH is 1. The minimum atomic E-state index is -0.332. The first-order valence-electron chi connectivity index (χ1n) is 9.48. The molecule has 0 fully saturated rings. The Morgan fingerprint density at radius 3 is 2.35 bits per heavy atom. The molecule has 1 heteroatoms. The molecule has 0 aromatic heterocycles. The third-order valence-electron chi connectivity index (χ3n) is 6.03. The zero-order chi connectivity index (χ0) is 17.7. The fourth-order valence-electron chi connectivity index (χ4n) is 4.63. The second-order valence-corrected chi connectivity index (χ2v) is 7.38. The van der Waals surface area contributed by atoms with E-state index >= 15 is 0 Å². The van der Waals surface area contributed by atoms with Gasteiger partial charge in [0.1, 0.15) is 0 Å². The largest absolute Gasteiger partial charge is 0.388 e. The molecule has 2 atom stereocenters. The lowest BCUT2D eigenvalue weighted by atomic mass is 9.90. The predicted octanol–water partition coefficient (Wildman–Crippen LogP) is 6.28. The van der Waals surface area contributed by atoms with Gasteiger partial charge in [0.25, 0.3) is 0 Å². The van der Waals surface area contributed by atoms with Crippen molar-refractivity contribution < 1.29 is 5.11 Å². The average molecular weight is 338 g/mol. The van der Waals surface area contributed by atoms with Crippen LogP contribution in [-0.2, 0) is 6.42 Å². The fourth-order valence-corrected chi connectivity index (χ4v) is 4.63. The lowest BCUT2D eigenvalue weighted by molar-refractivity contribution is 0.121. The first-order valence-corrected chi connectivity index (χ1v) is 9.48. The van der Waals surface area contributed by atoms with Gasteiger partial charge in [-0.15, -0.1) is 0 Å². The van der Waals surface area contributed by atoms with Crippen LogP contribution in [0.2, 0.25) is 0 Å². The minimum Gasteiger partial charge on any atom is -0.388 e. The predicted molar refractivity (Wildman–Crippen MR) is 109 cm³/mol. The topological polar surface area (TPSA) is 20.2 Å². The number of hydrogen-bond acceptors (Lipinski definition) is 1. The van der Waals surface area contributed by atoms with Crippen LogP contribution < -0.4 is 0 Å². The van der Waals surface area contributed by atoms with Gasteiger partial charge < -0.3 is 5.11 Å². The molecule has 0 radical (unpaired) electrons. The van der Waals surface area contributed by atoms with Crippen molar-refractivity contribution in [1.82, 2.24) is 0 Å². The molecule has 26 heavy (non-hydrogen) atoms. The number of hydrogen-bond donors (Lipinski definition) is 1. The summed E-state index contributed by atoms with van der Waals surface area (Å²) >= 11 is 0. The van der Waals surface area contributed by atoms with Crippen LogP contribution in [-0.4, -0.2) is 5.11 Å². The van der Waals surface area contributed by atoms with E-state index in [9.17, 15) is 5.11 Å². The van der Waals surface area contributed by atoms with Gasteiger partial charge in [-0.25, -0.2) is 0 Å². The van der Waals surface area contributed by atoms with Crippen molar-refractivity contribution in [2.24, 2.45) is 5.92 Å². The Balaban J connectivity index is 1.84. The van der Waals surface area contributed by atoms with Crippen LogP contribution in [0.5, 0.6) is 0 Å². The van der Waals surface area contributed by atoms with E-state index in [4.69, 9.17) is 0 Å². The zero-order valence-electron chi connectivity index (χ0n) is 14.9. The second-order valence-electron chi connectivity index (χ2n) is 7.38. The number of rotatable bonds is 2. The van der Waals surface area contributed by atoms with Gasteiger partial charge in [0, 0.05) is 0 Å². The molecule has 128 valence electrons. The maximum Gasteiger partial charge on any atom is 0.0824 e. The van der Waals surface area contributed by atoms with Gasteiger partial charge in [0.2, 0.25) is 0 Å². The van der Waals surface area contributed by atoms with Gasteiger partial charge in [-0.05, 0) is 62.2 Å². The van der Waals surface area contributed by atoms with E-state index < -0.39 is 0 Å². The Kier molecular flexibility index (Phi) is 3.58. The summed E-state index contributed by atoms with van der Waals surface area (Å²) in [7, 11) is 0. The van der Waals surface area contributed by atoms with Gasteiger partial charge in [0.15, 0.2) is 0 Å². The molecule has 0 spiro atoms. The molecule has 0 saturated heterocycles. The van der Waals surface area contributed by atoms with Crippen LogP contribution in [0, 0.1) is 5.92 Å². The van der Waals surface area contributed by atoms with Crippen molar-refractivity contribution in [3.8, 4) is 11.1 Å². The monoisotopic (exact) mass is 338 g/mol. The fraction of sp³-hybridized carbons (Fsp3) is 0.200. The summed E-state index contributed by atoms with van der Waals surface area (Å²) in [6.45, 7) is 2.17. The molecule has 0 aliphatic heterocycles. The third kappa shape index (κ3) is 2.21. The van der Waals surface area contributed by atoms with Crippen LogP contribution in [0.25, 0.3) is 32.7 Å². The summed E-state index contributed by atoms with van der Waals surface area (Å²) in [6, 6.07) is 26.0. The Morgan fingerprint density at radius 2 is 1.54 bits per heavy atom. The van der Waals surface area contributed by atoms with Crippen LogP contribution in [0.4, 0.5) is 0 Å². The third-order valence-corrected chi connectivity index (χ3v) is 6.03. The summed E-state index contributed by atoms with van der Waals surface area (Å²) in [5, 5.41) is 15.8. The van der Waals surface area contributed by atoms with Crippen molar-refractivity contribution in [2.75, 3.05) is 0 Å². The summed E-state index contributed by atoms with van der Waals surface area (Å²) in [5.74, 6) is 0.331. The molecular weight excluding hydrogens is 316 g/mol. The minimum absolute atomic E-state index is 0.331. The summed E-state index contributed by atoms with van der Waals surface area (Å²) < 4.78 is 0. The SMILES string of the molecule is CCC1Cc2c(-c3cc4ccccc4c4ccccc34)cccc2C1O. The summed E-state index contributed by atoms with van der Waals surface area (Å²) in [5.41, 5.74) is 5.00. The lowest BCUT2D eigenvalue weighted by Crippen LogP contribution is -2.04. The van der Waals surface area contributed by atoms with E-state index in [-0.39, 0.29) is 6.10 Å². The average Bonchev–Trinajstić information content (AvgIpc) is 3.03. The standard InChI is InChI=1S/C25H22O/c1-2-16-14-24-21(12-7-13-22(24)25(16)26)23-15-17-8-3-4-9-18(17)19-10-5-6-11-20(19)23/h3-13,15-16,25-26H,2,14H2,1H3.